The second-order valence-electron chi connectivity index (χ2n) is 7.04. The van der Waals surface area contributed by atoms with Crippen LogP contribution in [0.5, 0.6) is 0 Å². The molecule has 0 atom stereocenters. The largest absolute Gasteiger partial charge is 0.417 e. The van der Waals surface area contributed by atoms with Gasteiger partial charge < -0.3 is 10.6 Å². The number of anilines is 4. The number of halogens is 8. The van der Waals surface area contributed by atoms with E-state index in [9.17, 15) is 26.3 Å². The Balaban J connectivity index is 1.78. The van der Waals surface area contributed by atoms with Crippen molar-refractivity contribution >= 4 is 57.2 Å². The van der Waals surface area contributed by atoms with E-state index in [1.807, 2.05) is 0 Å². The summed E-state index contributed by atoms with van der Waals surface area (Å²) in [6, 6.07) is 13.0. The summed E-state index contributed by atoms with van der Waals surface area (Å²) in [5.74, 6) is -0.0321. The fourth-order valence-corrected chi connectivity index (χ4v) is 3.54. The Morgan fingerprint density at radius 3 is 1.32 bits per heavy atom. The van der Waals surface area contributed by atoms with Gasteiger partial charge in [-0.25, -0.2) is 9.97 Å². The van der Waals surface area contributed by atoms with Crippen LogP contribution in [0.4, 0.5) is 49.4 Å². The zero-order valence-electron chi connectivity index (χ0n) is 16.7. The summed E-state index contributed by atoms with van der Waals surface area (Å²) in [7, 11) is 0. The van der Waals surface area contributed by atoms with Crippen LogP contribution in [0.3, 0.4) is 0 Å². The number of benzene rings is 3. The van der Waals surface area contributed by atoms with Crippen molar-refractivity contribution in [3.63, 3.8) is 0 Å². The van der Waals surface area contributed by atoms with E-state index in [1.54, 1.807) is 24.3 Å². The molecule has 0 unspecified atom stereocenters. The van der Waals surface area contributed by atoms with Crippen LogP contribution >= 0.6 is 23.2 Å². The van der Waals surface area contributed by atoms with E-state index in [-0.39, 0.29) is 23.0 Å². The van der Waals surface area contributed by atoms with E-state index in [4.69, 9.17) is 23.2 Å². The molecule has 0 aliphatic carbocycles. The van der Waals surface area contributed by atoms with Gasteiger partial charge in [0.15, 0.2) is 11.6 Å². The van der Waals surface area contributed by atoms with Crippen molar-refractivity contribution in [1.29, 1.82) is 0 Å². The highest BCUT2D eigenvalue weighted by Gasteiger charge is 2.34. The van der Waals surface area contributed by atoms with Crippen LogP contribution in [0, 0.1) is 0 Å². The number of para-hydroxylation sites is 2. The topological polar surface area (TPSA) is 49.8 Å². The molecule has 4 nitrogen and oxygen atoms in total. The number of hydrogen-bond acceptors (Lipinski definition) is 4. The van der Waals surface area contributed by atoms with E-state index in [1.165, 1.54) is 12.1 Å². The maximum atomic E-state index is 13.3. The van der Waals surface area contributed by atoms with Gasteiger partial charge in [-0.2, -0.15) is 26.3 Å². The van der Waals surface area contributed by atoms with Gasteiger partial charge in [0.05, 0.1) is 32.2 Å². The van der Waals surface area contributed by atoms with Crippen molar-refractivity contribution in [3.05, 3.63) is 81.8 Å². The number of alkyl halides is 6. The van der Waals surface area contributed by atoms with Gasteiger partial charge in [0.1, 0.15) is 0 Å². The molecule has 0 saturated carbocycles. The third-order valence-corrected chi connectivity index (χ3v) is 5.30. The Hall–Kier alpha value is -3.24. The van der Waals surface area contributed by atoms with Gasteiger partial charge in [0.2, 0.25) is 0 Å². The number of hydrogen-bond donors (Lipinski definition) is 2. The van der Waals surface area contributed by atoms with Gasteiger partial charge in [-0.1, -0.05) is 35.3 Å². The molecule has 176 valence electrons. The van der Waals surface area contributed by atoms with E-state index >= 15 is 0 Å². The molecule has 0 fully saturated rings. The minimum atomic E-state index is -4.69. The first-order valence-electron chi connectivity index (χ1n) is 9.46. The third kappa shape index (κ3) is 5.13. The summed E-state index contributed by atoms with van der Waals surface area (Å²) in [6.45, 7) is 0. The Morgan fingerprint density at radius 1 is 0.588 bits per heavy atom. The molecule has 4 rings (SSSR count). The molecule has 2 N–H and O–H groups in total. The van der Waals surface area contributed by atoms with Gasteiger partial charge in [-0.15, -0.1) is 0 Å². The van der Waals surface area contributed by atoms with Crippen LogP contribution in [0.25, 0.3) is 11.0 Å². The average molecular weight is 517 g/mol. The number of rotatable bonds is 4. The second-order valence-corrected chi connectivity index (χ2v) is 7.86. The van der Waals surface area contributed by atoms with Gasteiger partial charge in [-0.05, 0) is 48.5 Å². The van der Waals surface area contributed by atoms with E-state index in [2.05, 4.69) is 20.6 Å². The van der Waals surface area contributed by atoms with E-state index < -0.39 is 33.5 Å². The molecule has 0 radical (unpaired) electrons. The normalized spacial score (nSPS) is 12.1. The summed E-state index contributed by atoms with van der Waals surface area (Å²) in [5, 5.41) is 4.51. The Bertz CT molecular complexity index is 1270. The molecule has 4 aromatic rings. The minimum absolute atomic E-state index is 0.00329. The number of fused-ring (bicyclic) bond motifs is 1. The van der Waals surface area contributed by atoms with Crippen LogP contribution in [0.15, 0.2) is 60.7 Å². The van der Waals surface area contributed by atoms with Gasteiger partial charge in [0.25, 0.3) is 0 Å². The van der Waals surface area contributed by atoms with E-state index in [0.29, 0.717) is 11.0 Å². The second kappa shape index (κ2) is 8.84. The smallest absolute Gasteiger partial charge is 0.337 e. The molecule has 0 aliphatic heterocycles. The van der Waals surface area contributed by atoms with Gasteiger partial charge in [0, 0.05) is 11.4 Å². The lowest BCUT2D eigenvalue weighted by molar-refractivity contribution is -0.138. The molecule has 0 amide bonds. The fraction of sp³-hybridized carbons (Fsp3) is 0.0909. The first kappa shape index (κ1) is 23.9. The lowest BCUT2D eigenvalue weighted by atomic mass is 10.2. The zero-order valence-corrected chi connectivity index (χ0v) is 18.2. The van der Waals surface area contributed by atoms with Gasteiger partial charge in [-0.3, -0.25) is 0 Å². The predicted octanol–water partition coefficient (Wildman–Crippen LogP) is 8.46. The first-order chi connectivity index (χ1) is 15.9. The molecule has 0 spiro atoms. The standard InChI is InChI=1S/C22H12Cl2F6N4/c23-15-7-5-11(9-13(15)21(25,26)27)31-19-20(34-18-4-2-1-3-17(18)33-19)32-12-6-8-16(24)14(10-12)22(28,29)30/h1-10H,(H,31,33)(H,32,34). The highest BCUT2D eigenvalue weighted by molar-refractivity contribution is 6.31. The number of aromatic nitrogens is 2. The molecule has 1 heterocycles. The molecule has 34 heavy (non-hydrogen) atoms. The maximum absolute atomic E-state index is 13.3. The Labute approximate surface area is 198 Å². The first-order valence-corrected chi connectivity index (χ1v) is 10.2. The number of nitrogens with one attached hydrogen (secondary N) is 2. The molecule has 12 heteroatoms. The summed E-state index contributed by atoms with van der Waals surface area (Å²) < 4.78 is 79.5. The molecular formula is C22H12Cl2F6N4. The zero-order chi connectivity index (χ0) is 24.7. The third-order valence-electron chi connectivity index (χ3n) is 4.64. The van der Waals surface area contributed by atoms with E-state index in [0.717, 1.165) is 24.3 Å². The lowest BCUT2D eigenvalue weighted by Gasteiger charge is -2.16. The lowest BCUT2D eigenvalue weighted by Crippen LogP contribution is -2.09. The highest BCUT2D eigenvalue weighted by atomic mass is 35.5. The Morgan fingerprint density at radius 2 is 0.971 bits per heavy atom. The Kier molecular flexibility index (Phi) is 6.22. The average Bonchev–Trinajstić information content (AvgIpc) is 2.75. The van der Waals surface area contributed by atoms with Crippen LogP contribution in [0.1, 0.15) is 11.1 Å². The summed E-state index contributed by atoms with van der Waals surface area (Å²) >= 11 is 11.3. The molecular weight excluding hydrogens is 505 g/mol. The molecule has 0 bridgehead atoms. The quantitative estimate of drug-likeness (QED) is 0.267. The van der Waals surface area contributed by atoms with Crippen molar-refractivity contribution < 1.29 is 26.3 Å². The van der Waals surface area contributed by atoms with Crippen LogP contribution in [-0.2, 0) is 12.4 Å². The molecule has 1 aromatic heterocycles. The van der Waals surface area contributed by atoms with Crippen molar-refractivity contribution in [3.8, 4) is 0 Å². The summed E-state index contributed by atoms with van der Waals surface area (Å²) in [6.07, 6.45) is -9.38. The number of nitrogens with zero attached hydrogens (tertiary/aromatic N) is 2. The van der Waals surface area contributed by atoms with Crippen molar-refractivity contribution in [2.75, 3.05) is 10.6 Å². The molecule has 0 saturated heterocycles. The van der Waals surface area contributed by atoms with Gasteiger partial charge >= 0.3 is 12.4 Å². The summed E-state index contributed by atoms with van der Waals surface area (Å²) in [5.41, 5.74) is -1.31. The molecule has 3 aromatic carbocycles. The molecule has 0 aliphatic rings. The maximum Gasteiger partial charge on any atom is 0.417 e. The van der Waals surface area contributed by atoms with Crippen LogP contribution < -0.4 is 10.6 Å². The van der Waals surface area contributed by atoms with Crippen molar-refractivity contribution in [2.45, 2.75) is 12.4 Å². The summed E-state index contributed by atoms with van der Waals surface area (Å²) in [4.78, 5) is 8.74. The van der Waals surface area contributed by atoms with Crippen LogP contribution in [-0.4, -0.2) is 9.97 Å². The van der Waals surface area contributed by atoms with Crippen molar-refractivity contribution in [1.82, 2.24) is 9.97 Å². The highest BCUT2D eigenvalue weighted by Crippen LogP contribution is 2.39. The minimum Gasteiger partial charge on any atom is -0.337 e. The monoisotopic (exact) mass is 516 g/mol. The SMILES string of the molecule is FC(F)(F)c1cc(Nc2nc3ccccc3nc2Nc2ccc(Cl)c(C(F)(F)F)c2)ccc1Cl. The van der Waals surface area contributed by atoms with Crippen LogP contribution in [0.2, 0.25) is 10.0 Å². The van der Waals surface area contributed by atoms with Crippen molar-refractivity contribution in [2.24, 2.45) is 0 Å². The fourth-order valence-electron chi connectivity index (χ4n) is 3.09. The predicted molar refractivity (Wildman–Crippen MR) is 119 cm³/mol.